The highest BCUT2D eigenvalue weighted by atomic mass is 79.9. The van der Waals surface area contributed by atoms with Gasteiger partial charge in [-0.1, -0.05) is 30.3 Å². The number of esters is 1. The van der Waals surface area contributed by atoms with Crippen LogP contribution in [0.3, 0.4) is 0 Å². The van der Waals surface area contributed by atoms with Crippen LogP contribution in [0.4, 0.5) is 0 Å². The Morgan fingerprint density at radius 3 is 2.53 bits per heavy atom. The second-order valence-electron chi connectivity index (χ2n) is 3.91. The summed E-state index contributed by atoms with van der Waals surface area (Å²) in [6.07, 6.45) is 0. The third kappa shape index (κ3) is 3.58. The number of hydrogen-bond donors (Lipinski definition) is 0. The van der Waals surface area contributed by atoms with E-state index in [1.54, 1.807) is 18.2 Å². The average molecular weight is 321 g/mol. The highest BCUT2D eigenvalue weighted by Gasteiger charge is 2.09. The second-order valence-corrected chi connectivity index (χ2v) is 4.77. The van der Waals surface area contributed by atoms with Crippen molar-refractivity contribution in [2.45, 2.75) is 6.61 Å². The third-order valence-electron chi connectivity index (χ3n) is 2.59. The van der Waals surface area contributed by atoms with Crippen LogP contribution in [0, 0.1) is 0 Å². The maximum atomic E-state index is 11.4. The fraction of sp³-hybridized carbons (Fsp3) is 0.133. The first kappa shape index (κ1) is 13.6. The Morgan fingerprint density at radius 2 is 1.89 bits per heavy atom. The summed E-state index contributed by atoms with van der Waals surface area (Å²) < 4.78 is 11.1. The molecule has 19 heavy (non-hydrogen) atoms. The van der Waals surface area contributed by atoms with Crippen molar-refractivity contribution in [1.29, 1.82) is 0 Å². The molecule has 0 saturated heterocycles. The molecule has 0 atom stereocenters. The summed E-state index contributed by atoms with van der Waals surface area (Å²) in [5, 5.41) is 0. The molecule has 4 heteroatoms. The van der Waals surface area contributed by atoms with Gasteiger partial charge >= 0.3 is 5.97 Å². The fourth-order valence-electron chi connectivity index (χ4n) is 1.60. The van der Waals surface area contributed by atoms with Crippen molar-refractivity contribution >= 4 is 21.9 Å². The maximum Gasteiger partial charge on any atom is 0.337 e. The average Bonchev–Trinajstić information content (AvgIpc) is 2.46. The molecule has 0 aliphatic carbocycles. The normalized spacial score (nSPS) is 10.0. The zero-order chi connectivity index (χ0) is 13.7. The van der Waals surface area contributed by atoms with Crippen LogP contribution >= 0.6 is 15.9 Å². The summed E-state index contributed by atoms with van der Waals surface area (Å²) in [5.41, 5.74) is 1.58. The standard InChI is InChI=1S/C15H13BrO3/c1-18-15(17)12-7-8-14(13(16)9-12)19-10-11-5-3-2-4-6-11/h2-9H,10H2,1H3. The number of hydrogen-bond acceptors (Lipinski definition) is 3. The van der Waals surface area contributed by atoms with Gasteiger partial charge in [-0.2, -0.15) is 0 Å². The lowest BCUT2D eigenvalue weighted by atomic mass is 10.2. The fourth-order valence-corrected chi connectivity index (χ4v) is 2.09. The Bertz CT molecular complexity index is 567. The minimum absolute atomic E-state index is 0.365. The molecular weight excluding hydrogens is 308 g/mol. The number of halogens is 1. The van der Waals surface area contributed by atoms with Crippen molar-refractivity contribution in [2.24, 2.45) is 0 Å². The summed E-state index contributed by atoms with van der Waals surface area (Å²) in [4.78, 5) is 11.4. The largest absolute Gasteiger partial charge is 0.488 e. The number of ether oxygens (including phenoxy) is 2. The Kier molecular flexibility index (Phi) is 4.58. The third-order valence-corrected chi connectivity index (χ3v) is 3.21. The van der Waals surface area contributed by atoms with Crippen molar-refractivity contribution in [1.82, 2.24) is 0 Å². The monoisotopic (exact) mass is 320 g/mol. The zero-order valence-corrected chi connectivity index (χ0v) is 12.0. The van der Waals surface area contributed by atoms with Gasteiger partial charge in [-0.25, -0.2) is 4.79 Å². The summed E-state index contributed by atoms with van der Waals surface area (Å²) in [6.45, 7) is 0.483. The molecular formula is C15H13BrO3. The van der Waals surface area contributed by atoms with Gasteiger partial charge in [-0.05, 0) is 39.7 Å². The van der Waals surface area contributed by atoms with Crippen LogP contribution in [0.15, 0.2) is 53.0 Å². The van der Waals surface area contributed by atoms with Crippen LogP contribution in [-0.2, 0) is 11.3 Å². The molecule has 0 aromatic heterocycles. The molecule has 0 spiro atoms. The van der Waals surface area contributed by atoms with Gasteiger partial charge in [0.25, 0.3) is 0 Å². The summed E-state index contributed by atoms with van der Waals surface area (Å²) >= 11 is 3.39. The number of carbonyl (C=O) groups excluding carboxylic acids is 1. The Labute approximate surface area is 120 Å². The van der Waals surface area contributed by atoms with Gasteiger partial charge in [0.1, 0.15) is 12.4 Å². The topological polar surface area (TPSA) is 35.5 Å². The molecule has 0 fully saturated rings. The quantitative estimate of drug-likeness (QED) is 0.803. The number of carbonyl (C=O) groups is 1. The SMILES string of the molecule is COC(=O)c1ccc(OCc2ccccc2)c(Br)c1. The lowest BCUT2D eigenvalue weighted by Crippen LogP contribution is -2.02. The number of methoxy groups -OCH3 is 1. The van der Waals surface area contributed by atoms with Gasteiger partial charge in [0.2, 0.25) is 0 Å². The minimum Gasteiger partial charge on any atom is -0.488 e. The van der Waals surface area contributed by atoms with Gasteiger partial charge in [0.05, 0.1) is 17.1 Å². The first-order chi connectivity index (χ1) is 9.20. The summed E-state index contributed by atoms with van der Waals surface area (Å²) in [5.74, 6) is 0.326. The second kappa shape index (κ2) is 6.38. The molecule has 0 radical (unpaired) electrons. The maximum absolute atomic E-state index is 11.4. The Hall–Kier alpha value is -1.81. The van der Waals surface area contributed by atoms with E-state index in [2.05, 4.69) is 20.7 Å². The van der Waals surface area contributed by atoms with E-state index in [-0.39, 0.29) is 5.97 Å². The molecule has 0 aliphatic rings. The lowest BCUT2D eigenvalue weighted by Gasteiger charge is -2.09. The predicted molar refractivity (Wildman–Crippen MR) is 76.3 cm³/mol. The molecule has 98 valence electrons. The zero-order valence-electron chi connectivity index (χ0n) is 10.4. The van der Waals surface area contributed by atoms with Crippen LogP contribution in [0.1, 0.15) is 15.9 Å². The van der Waals surface area contributed by atoms with E-state index in [4.69, 9.17) is 4.74 Å². The molecule has 0 saturated carbocycles. The molecule has 2 aromatic rings. The Morgan fingerprint density at radius 1 is 1.16 bits per heavy atom. The first-order valence-corrected chi connectivity index (χ1v) is 6.54. The van der Waals surface area contributed by atoms with Crippen LogP contribution in [0.2, 0.25) is 0 Å². The summed E-state index contributed by atoms with van der Waals surface area (Å²) in [6, 6.07) is 15.0. The predicted octanol–water partition coefficient (Wildman–Crippen LogP) is 3.81. The highest BCUT2D eigenvalue weighted by molar-refractivity contribution is 9.10. The molecule has 0 N–H and O–H groups in total. The van der Waals surface area contributed by atoms with E-state index in [0.29, 0.717) is 17.9 Å². The highest BCUT2D eigenvalue weighted by Crippen LogP contribution is 2.27. The van der Waals surface area contributed by atoms with Gasteiger partial charge in [-0.15, -0.1) is 0 Å². The van der Waals surface area contributed by atoms with E-state index in [1.165, 1.54) is 7.11 Å². The Balaban J connectivity index is 2.07. The van der Waals surface area contributed by atoms with Gasteiger partial charge < -0.3 is 9.47 Å². The van der Waals surface area contributed by atoms with Crippen LogP contribution in [0.25, 0.3) is 0 Å². The van der Waals surface area contributed by atoms with Crippen molar-refractivity contribution < 1.29 is 14.3 Å². The molecule has 3 nitrogen and oxygen atoms in total. The first-order valence-electron chi connectivity index (χ1n) is 5.75. The molecule has 2 aromatic carbocycles. The van der Waals surface area contributed by atoms with Crippen molar-refractivity contribution in [2.75, 3.05) is 7.11 Å². The molecule has 2 rings (SSSR count). The number of rotatable bonds is 4. The van der Waals surface area contributed by atoms with Gasteiger partial charge in [0, 0.05) is 0 Å². The van der Waals surface area contributed by atoms with Crippen molar-refractivity contribution in [3.05, 3.63) is 64.1 Å². The molecule has 0 unspecified atom stereocenters. The molecule has 0 aliphatic heterocycles. The van der Waals surface area contributed by atoms with Crippen LogP contribution in [-0.4, -0.2) is 13.1 Å². The minimum atomic E-state index is -0.365. The summed E-state index contributed by atoms with van der Waals surface area (Å²) in [7, 11) is 1.36. The van der Waals surface area contributed by atoms with E-state index in [0.717, 1.165) is 10.0 Å². The molecule has 0 amide bonds. The molecule has 0 bridgehead atoms. The molecule has 0 heterocycles. The lowest BCUT2D eigenvalue weighted by molar-refractivity contribution is 0.0600. The van der Waals surface area contributed by atoms with Crippen LogP contribution < -0.4 is 4.74 Å². The van der Waals surface area contributed by atoms with E-state index in [1.807, 2.05) is 30.3 Å². The smallest absolute Gasteiger partial charge is 0.337 e. The van der Waals surface area contributed by atoms with Gasteiger partial charge in [0.15, 0.2) is 0 Å². The van der Waals surface area contributed by atoms with E-state index >= 15 is 0 Å². The van der Waals surface area contributed by atoms with Crippen LogP contribution in [0.5, 0.6) is 5.75 Å². The van der Waals surface area contributed by atoms with E-state index < -0.39 is 0 Å². The van der Waals surface area contributed by atoms with Crippen molar-refractivity contribution in [3.63, 3.8) is 0 Å². The van der Waals surface area contributed by atoms with Crippen molar-refractivity contribution in [3.8, 4) is 5.75 Å². The number of benzene rings is 2. The van der Waals surface area contributed by atoms with Gasteiger partial charge in [-0.3, -0.25) is 0 Å². The van der Waals surface area contributed by atoms with E-state index in [9.17, 15) is 4.79 Å².